The number of benzene rings is 4. The van der Waals surface area contributed by atoms with Crippen LogP contribution in [-0.2, 0) is 10.8 Å². The Balaban J connectivity index is 1.38. The summed E-state index contributed by atoms with van der Waals surface area (Å²) in [6, 6.07) is 33.2. The van der Waals surface area contributed by atoms with E-state index in [-0.39, 0.29) is 10.8 Å². The van der Waals surface area contributed by atoms with E-state index in [1.165, 1.54) is 22.5 Å². The summed E-state index contributed by atoms with van der Waals surface area (Å²) in [7, 11) is 4.22. The highest BCUT2D eigenvalue weighted by Gasteiger charge is 2.43. The third-order valence-electron chi connectivity index (χ3n) is 10.6. The van der Waals surface area contributed by atoms with Crippen molar-refractivity contribution in [3.05, 3.63) is 178 Å². The van der Waals surface area contributed by atoms with Crippen molar-refractivity contribution in [3.63, 3.8) is 0 Å². The molecule has 50 heavy (non-hydrogen) atoms. The number of carbonyl (C=O) groups is 1. The number of aryl methyl sites for hydroxylation is 1. The first-order valence-corrected chi connectivity index (χ1v) is 17.2. The Morgan fingerprint density at radius 3 is 2.08 bits per heavy atom. The van der Waals surface area contributed by atoms with Gasteiger partial charge in [-0.1, -0.05) is 80.1 Å². The SMILES string of the molecule is Cc1ccc2c(c1)C(C)(C)C(C=CC1=C(N(c3ccccc3)c3ccccc3)C(=CC=C3N(C)c4ccc(C(=O)O)cc4C3(C)C)C=C1)=[N+]2C. The van der Waals surface area contributed by atoms with E-state index in [1.807, 2.05) is 12.1 Å². The summed E-state index contributed by atoms with van der Waals surface area (Å²) in [5, 5.41) is 9.71. The lowest BCUT2D eigenvalue weighted by atomic mass is 9.80. The number of rotatable bonds is 7. The maximum Gasteiger partial charge on any atom is 0.335 e. The van der Waals surface area contributed by atoms with Crippen molar-refractivity contribution in [3.8, 4) is 0 Å². The fourth-order valence-electron chi connectivity index (χ4n) is 7.85. The highest BCUT2D eigenvalue weighted by Crippen LogP contribution is 2.48. The summed E-state index contributed by atoms with van der Waals surface area (Å²) in [6.45, 7) is 11.1. The normalized spacial score (nSPS) is 18.9. The molecular formula is C45H44N3O2+. The van der Waals surface area contributed by atoms with Crippen molar-refractivity contribution in [2.45, 2.75) is 45.4 Å². The Kier molecular flexibility index (Phi) is 8.10. The van der Waals surface area contributed by atoms with Gasteiger partial charge < -0.3 is 14.9 Å². The van der Waals surface area contributed by atoms with Gasteiger partial charge in [-0.05, 0) is 98.2 Å². The number of allylic oxidation sites excluding steroid dienone is 8. The molecule has 5 nitrogen and oxygen atoms in total. The first kappa shape index (κ1) is 32.8. The molecule has 0 unspecified atom stereocenters. The van der Waals surface area contributed by atoms with E-state index in [4.69, 9.17) is 0 Å². The number of likely N-dealkylation sites (N-methyl/N-ethyl adjacent to an activating group) is 1. The van der Waals surface area contributed by atoms with Gasteiger partial charge in [-0.2, -0.15) is 4.58 Å². The molecule has 4 aromatic rings. The molecule has 0 radical (unpaired) electrons. The first-order valence-electron chi connectivity index (χ1n) is 17.2. The number of hydrogen-bond acceptors (Lipinski definition) is 3. The molecule has 250 valence electrons. The molecule has 0 bridgehead atoms. The van der Waals surface area contributed by atoms with Crippen LogP contribution in [0.25, 0.3) is 0 Å². The molecule has 0 spiro atoms. The molecule has 3 aliphatic rings. The minimum Gasteiger partial charge on any atom is -0.478 e. The smallest absolute Gasteiger partial charge is 0.335 e. The van der Waals surface area contributed by atoms with Gasteiger partial charge in [0, 0.05) is 52.9 Å². The molecule has 0 aromatic heterocycles. The van der Waals surface area contributed by atoms with E-state index in [0.717, 1.165) is 45.2 Å². The van der Waals surface area contributed by atoms with E-state index in [9.17, 15) is 9.90 Å². The minimum atomic E-state index is -0.913. The molecule has 4 aromatic carbocycles. The lowest BCUT2D eigenvalue weighted by Crippen LogP contribution is -2.26. The summed E-state index contributed by atoms with van der Waals surface area (Å²) < 4.78 is 2.32. The maximum atomic E-state index is 11.8. The second-order valence-corrected chi connectivity index (χ2v) is 14.5. The summed E-state index contributed by atoms with van der Waals surface area (Å²) >= 11 is 0. The van der Waals surface area contributed by atoms with Gasteiger partial charge in [0.2, 0.25) is 5.69 Å². The second-order valence-electron chi connectivity index (χ2n) is 14.5. The number of hydrogen-bond donors (Lipinski definition) is 1. The van der Waals surface area contributed by atoms with Crippen molar-refractivity contribution < 1.29 is 14.5 Å². The van der Waals surface area contributed by atoms with Crippen LogP contribution in [0.3, 0.4) is 0 Å². The van der Waals surface area contributed by atoms with E-state index in [0.29, 0.717) is 5.56 Å². The Hall–Kier alpha value is -5.68. The summed E-state index contributed by atoms with van der Waals surface area (Å²) in [5.74, 6) is -0.913. The summed E-state index contributed by atoms with van der Waals surface area (Å²) in [5.41, 5.74) is 13.4. The van der Waals surface area contributed by atoms with Crippen molar-refractivity contribution in [2.24, 2.45) is 0 Å². The van der Waals surface area contributed by atoms with E-state index in [2.05, 4.69) is 178 Å². The largest absolute Gasteiger partial charge is 0.478 e. The summed E-state index contributed by atoms with van der Waals surface area (Å²) in [4.78, 5) is 16.4. The number of carboxylic acids is 1. The number of aromatic carboxylic acids is 1. The van der Waals surface area contributed by atoms with Gasteiger partial charge in [0.1, 0.15) is 7.05 Å². The predicted molar refractivity (Wildman–Crippen MR) is 206 cm³/mol. The average molecular weight is 659 g/mol. The molecule has 2 heterocycles. The molecule has 0 atom stereocenters. The van der Waals surface area contributed by atoms with Gasteiger partial charge in [-0.15, -0.1) is 0 Å². The zero-order chi connectivity index (χ0) is 35.4. The predicted octanol–water partition coefficient (Wildman–Crippen LogP) is 10.2. The molecule has 1 N–H and O–H groups in total. The zero-order valence-electron chi connectivity index (χ0n) is 29.9. The third kappa shape index (κ3) is 5.43. The van der Waals surface area contributed by atoms with Gasteiger partial charge in [0.15, 0.2) is 5.71 Å². The zero-order valence-corrected chi connectivity index (χ0v) is 29.9. The fourth-order valence-corrected chi connectivity index (χ4v) is 7.85. The number of fused-ring (bicyclic) bond motifs is 2. The number of nitrogens with zero attached hydrogens (tertiary/aromatic N) is 3. The van der Waals surface area contributed by atoms with Crippen LogP contribution in [0.1, 0.15) is 54.7 Å². The molecule has 0 fully saturated rings. The Bertz CT molecular complexity index is 2170. The van der Waals surface area contributed by atoms with Crippen LogP contribution in [0.5, 0.6) is 0 Å². The van der Waals surface area contributed by atoms with Crippen LogP contribution in [0, 0.1) is 6.92 Å². The Morgan fingerprint density at radius 2 is 1.44 bits per heavy atom. The molecule has 7 rings (SSSR count). The minimum absolute atomic E-state index is 0.147. The molecule has 2 aliphatic heterocycles. The molecule has 0 amide bonds. The van der Waals surface area contributed by atoms with Crippen molar-refractivity contribution in [1.29, 1.82) is 0 Å². The van der Waals surface area contributed by atoms with Gasteiger partial charge in [-0.3, -0.25) is 0 Å². The molecule has 5 heteroatoms. The maximum absolute atomic E-state index is 11.8. The number of anilines is 3. The van der Waals surface area contributed by atoms with Gasteiger partial charge in [0.25, 0.3) is 0 Å². The van der Waals surface area contributed by atoms with Gasteiger partial charge in [-0.25, -0.2) is 4.79 Å². The third-order valence-corrected chi connectivity index (χ3v) is 10.6. The van der Waals surface area contributed by atoms with E-state index in [1.54, 1.807) is 6.07 Å². The summed E-state index contributed by atoms with van der Waals surface area (Å²) in [6.07, 6.45) is 13.4. The Morgan fingerprint density at radius 1 is 0.780 bits per heavy atom. The lowest BCUT2D eigenvalue weighted by molar-refractivity contribution is -0.401. The Labute approximate surface area is 295 Å². The van der Waals surface area contributed by atoms with Crippen LogP contribution in [0.4, 0.5) is 22.7 Å². The van der Waals surface area contributed by atoms with Crippen LogP contribution < -0.4 is 9.80 Å². The van der Waals surface area contributed by atoms with Crippen LogP contribution >= 0.6 is 0 Å². The molecular weight excluding hydrogens is 615 g/mol. The highest BCUT2D eigenvalue weighted by atomic mass is 16.4. The lowest BCUT2D eigenvalue weighted by Gasteiger charge is -2.29. The number of carboxylic acid groups (broad SMARTS) is 1. The molecule has 1 aliphatic carbocycles. The van der Waals surface area contributed by atoms with E-state index >= 15 is 0 Å². The van der Waals surface area contributed by atoms with Crippen LogP contribution in [-0.4, -0.2) is 35.5 Å². The monoisotopic (exact) mass is 658 g/mol. The molecule has 0 saturated carbocycles. The van der Waals surface area contributed by atoms with Crippen molar-refractivity contribution >= 4 is 34.4 Å². The van der Waals surface area contributed by atoms with Crippen LogP contribution in [0.2, 0.25) is 0 Å². The topological polar surface area (TPSA) is 46.8 Å². The highest BCUT2D eigenvalue weighted by molar-refractivity contribution is 6.03. The standard InChI is InChI=1S/C45H43N3O2/c1-30-18-24-38-36(28-30)44(2,3)40(46(38)6)26-22-31-19-20-32(42(31)48(34-14-10-8-11-15-34)35-16-12-9-13-17-35)23-27-41-45(4,5)37-29-33(43(49)50)21-25-39(37)47(41)7/h8-29H,1-7H3/p+1. The van der Waals surface area contributed by atoms with E-state index < -0.39 is 5.97 Å². The second kappa shape index (κ2) is 12.3. The first-order chi connectivity index (χ1) is 23.9. The fraction of sp³-hybridized carbons (Fsp3) is 0.200. The van der Waals surface area contributed by atoms with Gasteiger partial charge in [0.05, 0.1) is 16.7 Å². The molecule has 0 saturated heterocycles. The van der Waals surface area contributed by atoms with Crippen molar-refractivity contribution in [1.82, 2.24) is 0 Å². The average Bonchev–Trinajstić information content (AvgIpc) is 3.64. The van der Waals surface area contributed by atoms with Gasteiger partial charge >= 0.3 is 5.97 Å². The quantitative estimate of drug-likeness (QED) is 0.201. The van der Waals surface area contributed by atoms with Crippen LogP contribution in [0.15, 0.2) is 156 Å². The number of para-hydroxylation sites is 2. The van der Waals surface area contributed by atoms with Crippen molar-refractivity contribution in [2.75, 3.05) is 23.9 Å².